The number of nitrogens with one attached hydrogen (secondary N) is 3. The lowest BCUT2D eigenvalue weighted by Gasteiger charge is -2.23. The van der Waals surface area contributed by atoms with E-state index >= 15 is 0 Å². The third kappa shape index (κ3) is 6.28. The molecular formula is C25H26ClN7O3. The molecule has 2 heterocycles. The SMILES string of the molecule is CC(C)(C)OC(=O)N[C@@H](Cc1c[nH]cn1)C(=O)Nc1cccc(-c2nc(N)nc3ccc(Cl)cc23)c1. The fourth-order valence-corrected chi connectivity index (χ4v) is 3.76. The molecule has 4 rings (SSSR count). The maximum Gasteiger partial charge on any atom is 0.408 e. The van der Waals surface area contributed by atoms with Crippen LogP contribution in [0.5, 0.6) is 0 Å². The summed E-state index contributed by atoms with van der Waals surface area (Å²) in [6.07, 6.45) is 2.63. The van der Waals surface area contributed by atoms with Crippen molar-refractivity contribution in [3.63, 3.8) is 0 Å². The highest BCUT2D eigenvalue weighted by atomic mass is 35.5. The molecular weight excluding hydrogens is 482 g/mol. The fourth-order valence-electron chi connectivity index (χ4n) is 3.58. The number of hydrogen-bond donors (Lipinski definition) is 4. The second-order valence-electron chi connectivity index (χ2n) is 9.13. The van der Waals surface area contributed by atoms with Crippen molar-refractivity contribution in [3.8, 4) is 11.3 Å². The van der Waals surface area contributed by atoms with E-state index in [2.05, 4.69) is 30.6 Å². The first-order valence-electron chi connectivity index (χ1n) is 11.2. The largest absolute Gasteiger partial charge is 0.444 e. The number of aromatic nitrogens is 4. The molecule has 0 radical (unpaired) electrons. The minimum atomic E-state index is -0.930. The standard InChI is InChI=1S/C25H26ClN7O3/c1-25(2,3)36-24(35)32-20(11-17-12-28-13-29-17)22(34)30-16-6-4-5-14(9-16)21-18-10-15(26)7-8-19(18)31-23(27)33-21/h4-10,12-13,20H,11H2,1-3H3,(H,28,29)(H,30,34)(H,32,35)(H2,27,31,33)/t20-/m0/s1. The van der Waals surface area contributed by atoms with Gasteiger partial charge in [-0.25, -0.2) is 19.7 Å². The Morgan fingerprint density at radius 2 is 1.97 bits per heavy atom. The monoisotopic (exact) mass is 507 g/mol. The Kier molecular flexibility index (Phi) is 7.07. The molecule has 5 N–H and O–H groups in total. The molecule has 11 heteroatoms. The number of imidazole rings is 1. The number of fused-ring (bicyclic) bond motifs is 1. The number of H-pyrrole nitrogens is 1. The van der Waals surface area contributed by atoms with E-state index in [1.165, 1.54) is 6.33 Å². The zero-order chi connectivity index (χ0) is 25.9. The number of benzene rings is 2. The summed E-state index contributed by atoms with van der Waals surface area (Å²) in [4.78, 5) is 41.3. The summed E-state index contributed by atoms with van der Waals surface area (Å²) < 4.78 is 5.33. The van der Waals surface area contributed by atoms with Crippen LogP contribution < -0.4 is 16.4 Å². The van der Waals surface area contributed by atoms with Crippen molar-refractivity contribution in [1.29, 1.82) is 0 Å². The van der Waals surface area contributed by atoms with Crippen LogP contribution in [-0.2, 0) is 16.0 Å². The number of nitrogens with zero attached hydrogens (tertiary/aromatic N) is 3. The molecule has 36 heavy (non-hydrogen) atoms. The predicted molar refractivity (Wildman–Crippen MR) is 138 cm³/mol. The van der Waals surface area contributed by atoms with Crippen molar-refractivity contribution in [2.75, 3.05) is 11.1 Å². The Hall–Kier alpha value is -4.18. The summed E-state index contributed by atoms with van der Waals surface area (Å²) in [6.45, 7) is 5.24. The second kappa shape index (κ2) is 10.2. The van der Waals surface area contributed by atoms with Crippen molar-refractivity contribution in [2.24, 2.45) is 0 Å². The Balaban J connectivity index is 1.60. The zero-order valence-electron chi connectivity index (χ0n) is 20.0. The fraction of sp³-hybridized carbons (Fsp3) is 0.240. The summed E-state index contributed by atoms with van der Waals surface area (Å²) in [5.74, 6) is -0.314. The Morgan fingerprint density at radius 3 is 2.69 bits per heavy atom. The number of halogens is 1. The average molecular weight is 508 g/mol. The number of nitrogen functional groups attached to an aromatic ring is 1. The number of anilines is 2. The van der Waals surface area contributed by atoms with Crippen LogP contribution in [0.4, 0.5) is 16.4 Å². The maximum absolute atomic E-state index is 13.2. The van der Waals surface area contributed by atoms with Gasteiger partial charge in [0.15, 0.2) is 0 Å². The summed E-state index contributed by atoms with van der Waals surface area (Å²) in [6, 6.07) is 11.5. The number of nitrogens with two attached hydrogens (primary N) is 1. The minimum Gasteiger partial charge on any atom is -0.444 e. The van der Waals surface area contributed by atoms with Crippen LogP contribution in [0, 0.1) is 0 Å². The van der Waals surface area contributed by atoms with Gasteiger partial charge in [0.05, 0.1) is 23.2 Å². The lowest BCUT2D eigenvalue weighted by molar-refractivity contribution is -0.118. The molecule has 2 aromatic heterocycles. The van der Waals surface area contributed by atoms with E-state index in [0.29, 0.717) is 33.2 Å². The quantitative estimate of drug-likeness (QED) is 0.303. The normalized spacial score (nSPS) is 12.2. The Bertz CT molecular complexity index is 1400. The number of rotatable bonds is 6. The first kappa shape index (κ1) is 24.9. The van der Waals surface area contributed by atoms with Crippen molar-refractivity contribution in [2.45, 2.75) is 38.8 Å². The molecule has 2 amide bonds. The summed E-state index contributed by atoms with van der Waals surface area (Å²) in [5.41, 5.74) is 8.27. The van der Waals surface area contributed by atoms with Crippen molar-refractivity contribution >= 4 is 46.1 Å². The molecule has 0 saturated heterocycles. The number of hydrogen-bond acceptors (Lipinski definition) is 7. The molecule has 0 spiro atoms. The van der Waals surface area contributed by atoms with E-state index in [1.54, 1.807) is 63.4 Å². The number of ether oxygens (including phenoxy) is 1. The molecule has 0 fully saturated rings. The van der Waals surface area contributed by atoms with Gasteiger partial charge in [-0.15, -0.1) is 0 Å². The van der Waals surface area contributed by atoms with Gasteiger partial charge in [-0.2, -0.15) is 0 Å². The average Bonchev–Trinajstić information content (AvgIpc) is 3.30. The van der Waals surface area contributed by atoms with E-state index in [0.717, 1.165) is 5.39 Å². The van der Waals surface area contributed by atoms with Crippen LogP contribution >= 0.6 is 11.6 Å². The third-order valence-corrected chi connectivity index (χ3v) is 5.29. The Morgan fingerprint density at radius 1 is 1.17 bits per heavy atom. The highest BCUT2D eigenvalue weighted by Crippen LogP contribution is 2.30. The second-order valence-corrected chi connectivity index (χ2v) is 9.56. The summed E-state index contributed by atoms with van der Waals surface area (Å²) in [7, 11) is 0. The van der Waals surface area contributed by atoms with E-state index in [4.69, 9.17) is 22.1 Å². The number of alkyl carbamates (subject to hydrolysis) is 1. The number of amides is 2. The van der Waals surface area contributed by atoms with Crippen LogP contribution in [0.25, 0.3) is 22.2 Å². The van der Waals surface area contributed by atoms with Gasteiger partial charge < -0.3 is 26.1 Å². The van der Waals surface area contributed by atoms with Gasteiger partial charge in [0.2, 0.25) is 11.9 Å². The topological polar surface area (TPSA) is 148 Å². The van der Waals surface area contributed by atoms with E-state index in [1.807, 2.05) is 6.07 Å². The third-order valence-electron chi connectivity index (χ3n) is 5.05. The van der Waals surface area contributed by atoms with Crippen LogP contribution in [0.3, 0.4) is 0 Å². The van der Waals surface area contributed by atoms with Gasteiger partial charge in [-0.1, -0.05) is 23.7 Å². The molecule has 1 atom stereocenters. The van der Waals surface area contributed by atoms with Crippen LogP contribution in [0.15, 0.2) is 55.0 Å². The smallest absolute Gasteiger partial charge is 0.408 e. The van der Waals surface area contributed by atoms with Gasteiger partial charge in [0.25, 0.3) is 0 Å². The van der Waals surface area contributed by atoms with Gasteiger partial charge in [0, 0.05) is 34.3 Å². The number of carbonyl (C=O) groups is 2. The summed E-state index contributed by atoms with van der Waals surface area (Å²) in [5, 5.41) is 6.76. The van der Waals surface area contributed by atoms with Gasteiger partial charge in [-0.05, 0) is 51.1 Å². The number of aromatic amines is 1. The number of carbonyl (C=O) groups excluding carboxylic acids is 2. The summed E-state index contributed by atoms with van der Waals surface area (Å²) >= 11 is 6.20. The molecule has 0 aliphatic carbocycles. The van der Waals surface area contributed by atoms with Crippen LogP contribution in [0.2, 0.25) is 5.02 Å². The van der Waals surface area contributed by atoms with Gasteiger partial charge in [0.1, 0.15) is 11.6 Å². The first-order valence-corrected chi connectivity index (χ1v) is 11.6. The van der Waals surface area contributed by atoms with E-state index in [-0.39, 0.29) is 12.4 Å². The molecule has 0 bridgehead atoms. The zero-order valence-corrected chi connectivity index (χ0v) is 20.8. The molecule has 10 nitrogen and oxygen atoms in total. The highest BCUT2D eigenvalue weighted by molar-refractivity contribution is 6.31. The van der Waals surface area contributed by atoms with Crippen molar-refractivity contribution in [3.05, 3.63) is 65.7 Å². The lowest BCUT2D eigenvalue weighted by Crippen LogP contribution is -2.47. The van der Waals surface area contributed by atoms with E-state index < -0.39 is 23.6 Å². The van der Waals surface area contributed by atoms with Gasteiger partial charge >= 0.3 is 6.09 Å². The molecule has 0 aliphatic rings. The highest BCUT2D eigenvalue weighted by Gasteiger charge is 2.25. The predicted octanol–water partition coefficient (Wildman–Crippen LogP) is 4.33. The maximum atomic E-state index is 13.2. The van der Waals surface area contributed by atoms with Crippen LogP contribution in [0.1, 0.15) is 26.5 Å². The molecule has 0 saturated carbocycles. The molecule has 0 unspecified atom stereocenters. The van der Waals surface area contributed by atoms with E-state index in [9.17, 15) is 9.59 Å². The van der Waals surface area contributed by atoms with Crippen LogP contribution in [-0.4, -0.2) is 43.6 Å². The molecule has 4 aromatic rings. The van der Waals surface area contributed by atoms with Gasteiger partial charge in [-0.3, -0.25) is 4.79 Å². The lowest BCUT2D eigenvalue weighted by atomic mass is 10.1. The first-order chi connectivity index (χ1) is 17.1. The van der Waals surface area contributed by atoms with Crippen molar-refractivity contribution in [1.82, 2.24) is 25.3 Å². The molecule has 186 valence electrons. The molecule has 0 aliphatic heterocycles. The van der Waals surface area contributed by atoms with Crippen molar-refractivity contribution < 1.29 is 14.3 Å². The Labute approximate surface area is 212 Å². The minimum absolute atomic E-state index is 0.120. The molecule has 2 aromatic carbocycles.